The molecule has 0 radical (unpaired) electrons. The van der Waals surface area contributed by atoms with Crippen molar-refractivity contribution in [3.8, 4) is 0 Å². The fourth-order valence-electron chi connectivity index (χ4n) is 4.14. The molecule has 1 aromatic rings. The van der Waals surface area contributed by atoms with Crippen LogP contribution >= 0.6 is 0 Å². The molecule has 0 aromatic heterocycles. The molecule has 5 heteroatoms. The van der Waals surface area contributed by atoms with Gasteiger partial charge in [0.15, 0.2) is 0 Å². The number of nitrogens with one attached hydrogen (secondary N) is 1. The van der Waals surface area contributed by atoms with Gasteiger partial charge < -0.3 is 10.2 Å². The topological polar surface area (TPSA) is 49.4 Å². The number of hydrogen-bond donors (Lipinski definition) is 1. The third-order valence-electron chi connectivity index (χ3n) is 5.72. The minimum atomic E-state index is -0.393. The first kappa shape index (κ1) is 18.9. The molecular weight excluding hydrogens is 331 g/mol. The summed E-state index contributed by atoms with van der Waals surface area (Å²) in [6.45, 7) is 1.20. The number of piperidine rings is 1. The third kappa shape index (κ3) is 5.29. The third-order valence-corrected chi connectivity index (χ3v) is 5.72. The van der Waals surface area contributed by atoms with Gasteiger partial charge in [0.25, 0.3) is 5.91 Å². The molecular formula is C21H29FN2O2. The molecule has 1 aliphatic carbocycles. The lowest BCUT2D eigenvalue weighted by Crippen LogP contribution is -2.46. The summed E-state index contributed by atoms with van der Waals surface area (Å²) in [5, 5.41) is 3.13. The number of amides is 2. The Kier molecular flexibility index (Phi) is 6.64. The van der Waals surface area contributed by atoms with Gasteiger partial charge >= 0.3 is 0 Å². The van der Waals surface area contributed by atoms with E-state index < -0.39 is 5.82 Å². The van der Waals surface area contributed by atoms with Gasteiger partial charge in [-0.25, -0.2) is 4.39 Å². The number of hydrogen-bond acceptors (Lipinski definition) is 2. The summed E-state index contributed by atoms with van der Waals surface area (Å²) < 4.78 is 13.3. The van der Waals surface area contributed by atoms with Crippen LogP contribution in [0.2, 0.25) is 0 Å². The Morgan fingerprint density at radius 2 is 1.81 bits per heavy atom. The van der Waals surface area contributed by atoms with Crippen LogP contribution in [0.3, 0.4) is 0 Å². The Morgan fingerprint density at radius 3 is 2.50 bits per heavy atom. The highest BCUT2D eigenvalue weighted by Crippen LogP contribution is 2.27. The van der Waals surface area contributed by atoms with E-state index in [9.17, 15) is 14.0 Å². The number of carbonyl (C=O) groups excluding carboxylic acids is 2. The zero-order valence-corrected chi connectivity index (χ0v) is 15.4. The van der Waals surface area contributed by atoms with Gasteiger partial charge in [-0.1, -0.05) is 38.2 Å². The number of benzene rings is 1. The number of carbonyl (C=O) groups is 2. The maximum atomic E-state index is 13.3. The number of likely N-dealkylation sites (tertiary alicyclic amines) is 1. The maximum absolute atomic E-state index is 13.3. The van der Waals surface area contributed by atoms with Crippen LogP contribution in [0, 0.1) is 11.7 Å². The summed E-state index contributed by atoms with van der Waals surface area (Å²) in [7, 11) is 0. The molecule has 1 saturated carbocycles. The Balaban J connectivity index is 1.39. The van der Waals surface area contributed by atoms with Crippen molar-refractivity contribution in [1.82, 2.24) is 10.2 Å². The summed E-state index contributed by atoms with van der Waals surface area (Å²) in [6, 6.07) is 5.96. The highest BCUT2D eigenvalue weighted by molar-refractivity contribution is 5.94. The number of rotatable bonds is 5. The summed E-state index contributed by atoms with van der Waals surface area (Å²) in [5.74, 6) is 0.341. The molecule has 1 saturated heterocycles. The molecule has 1 aliphatic heterocycles. The summed E-state index contributed by atoms with van der Waals surface area (Å²) in [6.07, 6.45) is 9.65. The molecule has 1 heterocycles. The van der Waals surface area contributed by atoms with Crippen LogP contribution < -0.4 is 5.32 Å². The molecule has 26 heavy (non-hydrogen) atoms. The monoisotopic (exact) mass is 360 g/mol. The Hall–Kier alpha value is -1.91. The first-order valence-electron chi connectivity index (χ1n) is 9.96. The quantitative estimate of drug-likeness (QED) is 0.865. The molecule has 4 nitrogen and oxygen atoms in total. The van der Waals surface area contributed by atoms with E-state index in [-0.39, 0.29) is 17.9 Å². The predicted molar refractivity (Wildman–Crippen MR) is 99.3 cm³/mol. The molecule has 3 rings (SSSR count). The van der Waals surface area contributed by atoms with E-state index in [0.29, 0.717) is 25.1 Å². The smallest absolute Gasteiger partial charge is 0.253 e. The molecule has 2 aliphatic rings. The minimum absolute atomic E-state index is 0.133. The van der Waals surface area contributed by atoms with Crippen LogP contribution in [0.4, 0.5) is 4.39 Å². The normalized spacial score (nSPS) is 19.3. The van der Waals surface area contributed by atoms with Gasteiger partial charge in [-0.15, -0.1) is 0 Å². The van der Waals surface area contributed by atoms with Crippen molar-refractivity contribution in [3.63, 3.8) is 0 Å². The van der Waals surface area contributed by atoms with Crippen LogP contribution in [-0.4, -0.2) is 35.8 Å². The van der Waals surface area contributed by atoms with Gasteiger partial charge in [0.1, 0.15) is 5.82 Å². The summed E-state index contributed by atoms with van der Waals surface area (Å²) >= 11 is 0. The van der Waals surface area contributed by atoms with Gasteiger partial charge in [0.05, 0.1) is 0 Å². The van der Waals surface area contributed by atoms with Crippen molar-refractivity contribution in [1.29, 1.82) is 0 Å². The van der Waals surface area contributed by atoms with E-state index in [1.165, 1.54) is 44.2 Å². The molecule has 1 aromatic carbocycles. The number of halogens is 1. The van der Waals surface area contributed by atoms with Gasteiger partial charge in [-0.2, -0.15) is 0 Å². The first-order chi connectivity index (χ1) is 12.6. The molecule has 0 unspecified atom stereocenters. The first-order valence-corrected chi connectivity index (χ1v) is 9.96. The molecule has 1 N–H and O–H groups in total. The van der Waals surface area contributed by atoms with Gasteiger partial charge in [-0.05, 0) is 43.4 Å². The van der Waals surface area contributed by atoms with Crippen molar-refractivity contribution in [2.24, 2.45) is 5.92 Å². The summed E-state index contributed by atoms with van der Waals surface area (Å²) in [5.41, 5.74) is 0.389. The van der Waals surface area contributed by atoms with E-state index >= 15 is 0 Å². The van der Waals surface area contributed by atoms with Crippen LogP contribution in [-0.2, 0) is 4.79 Å². The maximum Gasteiger partial charge on any atom is 0.253 e. The van der Waals surface area contributed by atoms with Gasteiger partial charge in [0.2, 0.25) is 5.91 Å². The second kappa shape index (κ2) is 9.15. The standard InChI is InChI=1S/C21H29FN2O2/c22-18-8-4-7-17(15-18)21(26)24-13-11-19(12-14-24)23-20(25)10-9-16-5-2-1-3-6-16/h4,7-8,15-16,19H,1-3,5-6,9-14H2,(H,23,25). The SMILES string of the molecule is O=C(CCC1CCCCC1)NC1CCN(C(=O)c2cccc(F)c2)CC1. The van der Waals surface area contributed by atoms with Crippen LogP contribution in [0.1, 0.15) is 68.1 Å². The van der Waals surface area contributed by atoms with E-state index in [1.807, 2.05) is 0 Å². The second-order valence-corrected chi connectivity index (χ2v) is 7.69. The van der Waals surface area contributed by atoms with Crippen LogP contribution in [0.25, 0.3) is 0 Å². The lowest BCUT2D eigenvalue weighted by molar-refractivity contribution is -0.122. The zero-order chi connectivity index (χ0) is 18.4. The van der Waals surface area contributed by atoms with Crippen molar-refractivity contribution >= 4 is 11.8 Å². The molecule has 0 spiro atoms. The van der Waals surface area contributed by atoms with E-state index in [0.717, 1.165) is 25.2 Å². The summed E-state index contributed by atoms with van der Waals surface area (Å²) in [4.78, 5) is 26.4. The fourth-order valence-corrected chi connectivity index (χ4v) is 4.14. The fraction of sp³-hybridized carbons (Fsp3) is 0.619. The lowest BCUT2D eigenvalue weighted by atomic mass is 9.86. The Morgan fingerprint density at radius 1 is 1.08 bits per heavy atom. The second-order valence-electron chi connectivity index (χ2n) is 7.69. The Labute approximate surface area is 155 Å². The predicted octanol–water partition coefficient (Wildman–Crippen LogP) is 3.91. The lowest BCUT2D eigenvalue weighted by Gasteiger charge is -2.32. The van der Waals surface area contributed by atoms with Crippen molar-refractivity contribution in [3.05, 3.63) is 35.6 Å². The zero-order valence-electron chi connectivity index (χ0n) is 15.4. The average molecular weight is 360 g/mol. The molecule has 0 atom stereocenters. The highest BCUT2D eigenvalue weighted by Gasteiger charge is 2.25. The van der Waals surface area contributed by atoms with Crippen molar-refractivity contribution in [2.75, 3.05) is 13.1 Å². The molecule has 142 valence electrons. The molecule has 2 amide bonds. The number of nitrogens with zero attached hydrogens (tertiary/aromatic N) is 1. The molecule has 2 fully saturated rings. The molecule has 0 bridgehead atoms. The Bertz CT molecular complexity index is 620. The van der Waals surface area contributed by atoms with Crippen LogP contribution in [0.5, 0.6) is 0 Å². The van der Waals surface area contributed by atoms with Crippen LogP contribution in [0.15, 0.2) is 24.3 Å². The van der Waals surface area contributed by atoms with E-state index in [2.05, 4.69) is 5.32 Å². The van der Waals surface area contributed by atoms with E-state index in [4.69, 9.17) is 0 Å². The minimum Gasteiger partial charge on any atom is -0.353 e. The highest BCUT2D eigenvalue weighted by atomic mass is 19.1. The average Bonchev–Trinajstić information content (AvgIpc) is 2.67. The van der Waals surface area contributed by atoms with Crippen molar-refractivity contribution < 1.29 is 14.0 Å². The van der Waals surface area contributed by atoms with Gasteiger partial charge in [0, 0.05) is 31.1 Å². The largest absolute Gasteiger partial charge is 0.353 e. The van der Waals surface area contributed by atoms with E-state index in [1.54, 1.807) is 17.0 Å². The van der Waals surface area contributed by atoms with Gasteiger partial charge in [-0.3, -0.25) is 9.59 Å². The van der Waals surface area contributed by atoms with Crippen molar-refractivity contribution in [2.45, 2.75) is 63.8 Å².